The zero-order chi connectivity index (χ0) is 25.4. The summed E-state index contributed by atoms with van der Waals surface area (Å²) in [7, 11) is 2.10. The molecule has 6 rings (SSSR count). The summed E-state index contributed by atoms with van der Waals surface area (Å²) in [6.07, 6.45) is 8.04. The van der Waals surface area contributed by atoms with E-state index < -0.39 is 0 Å². The molecule has 1 saturated heterocycles. The Labute approximate surface area is 219 Å². The van der Waals surface area contributed by atoms with Crippen LogP contribution in [-0.2, 0) is 13.0 Å². The van der Waals surface area contributed by atoms with Gasteiger partial charge in [-0.15, -0.1) is 11.3 Å². The van der Waals surface area contributed by atoms with Crippen LogP contribution < -0.4 is 5.32 Å². The van der Waals surface area contributed by atoms with Crippen molar-refractivity contribution in [2.75, 3.05) is 25.5 Å². The van der Waals surface area contributed by atoms with Gasteiger partial charge in [0.2, 0.25) is 0 Å². The molecule has 9 heteroatoms. The van der Waals surface area contributed by atoms with Crippen molar-refractivity contribution in [3.05, 3.63) is 94.5 Å². The number of carbonyl (C=O) groups is 2. The Morgan fingerprint density at radius 2 is 1.95 bits per heavy atom. The zero-order valence-electron chi connectivity index (χ0n) is 20.6. The highest BCUT2D eigenvalue weighted by atomic mass is 32.1. The number of likely N-dealkylation sites (N-methyl/N-ethyl adjacent to an activating group) is 1. The second kappa shape index (κ2) is 9.91. The molecule has 2 aliphatic rings. The predicted octanol–water partition coefficient (Wildman–Crippen LogP) is 4.55. The van der Waals surface area contributed by atoms with Crippen molar-refractivity contribution in [3.63, 3.8) is 0 Å². The molecule has 4 heterocycles. The Morgan fingerprint density at radius 3 is 2.76 bits per heavy atom. The molecular weight excluding hydrogens is 484 g/mol. The topological polar surface area (TPSA) is 83.4 Å². The fourth-order valence-electron chi connectivity index (χ4n) is 5.14. The van der Waals surface area contributed by atoms with Crippen LogP contribution in [0.25, 0.3) is 5.69 Å². The fourth-order valence-corrected chi connectivity index (χ4v) is 6.23. The number of hydrogen-bond acceptors (Lipinski definition) is 6. The Kier molecular flexibility index (Phi) is 6.31. The molecule has 0 spiro atoms. The molecule has 2 aliphatic heterocycles. The van der Waals surface area contributed by atoms with Gasteiger partial charge >= 0.3 is 0 Å². The maximum Gasteiger partial charge on any atom is 0.257 e. The first-order chi connectivity index (χ1) is 18.0. The van der Waals surface area contributed by atoms with Crippen LogP contribution in [-0.4, -0.2) is 56.3 Å². The number of carbonyl (C=O) groups excluding carboxylic acids is 2. The highest BCUT2D eigenvalue weighted by molar-refractivity contribution is 7.15. The quantitative estimate of drug-likeness (QED) is 0.424. The van der Waals surface area contributed by atoms with Gasteiger partial charge in [0.25, 0.3) is 11.8 Å². The number of likely N-dealkylation sites (tertiary alicyclic amines) is 1. The second-order valence-corrected chi connectivity index (χ2v) is 10.7. The van der Waals surface area contributed by atoms with Gasteiger partial charge in [-0.1, -0.05) is 12.1 Å². The summed E-state index contributed by atoms with van der Waals surface area (Å²) >= 11 is 1.55. The lowest BCUT2D eigenvalue weighted by Gasteiger charge is -2.25. The zero-order valence-corrected chi connectivity index (χ0v) is 21.4. The summed E-state index contributed by atoms with van der Waals surface area (Å²) in [4.78, 5) is 40.6. The van der Waals surface area contributed by atoms with Crippen molar-refractivity contribution in [2.45, 2.75) is 31.8 Å². The number of anilines is 1. The molecule has 2 aromatic carbocycles. The summed E-state index contributed by atoms with van der Waals surface area (Å²) < 4.78 is 1.91. The van der Waals surface area contributed by atoms with Gasteiger partial charge in [-0.05, 0) is 61.9 Å². The molecule has 1 atom stereocenters. The van der Waals surface area contributed by atoms with E-state index in [2.05, 4.69) is 27.2 Å². The molecular formula is C28H28N6O2S. The summed E-state index contributed by atoms with van der Waals surface area (Å²) in [5.74, 6) is -0.167. The smallest absolute Gasteiger partial charge is 0.257 e. The number of fused-ring (bicyclic) bond motifs is 1. The van der Waals surface area contributed by atoms with Crippen molar-refractivity contribution in [1.82, 2.24) is 24.3 Å². The summed E-state index contributed by atoms with van der Waals surface area (Å²) in [5, 5.41) is 3.63. The van der Waals surface area contributed by atoms with E-state index in [0.717, 1.165) is 49.3 Å². The third-order valence-electron chi connectivity index (χ3n) is 7.11. The van der Waals surface area contributed by atoms with Gasteiger partial charge in [-0.25, -0.2) is 9.97 Å². The maximum atomic E-state index is 13.4. The van der Waals surface area contributed by atoms with Crippen molar-refractivity contribution in [1.29, 1.82) is 0 Å². The number of benzene rings is 2. The fraction of sp³-hybridized carbons (Fsp3) is 0.286. The van der Waals surface area contributed by atoms with Crippen LogP contribution in [0.2, 0.25) is 0 Å². The van der Waals surface area contributed by atoms with E-state index >= 15 is 0 Å². The molecule has 0 unspecified atom stereocenters. The molecule has 0 aliphatic carbocycles. The SMILES string of the molecule is CN1CCc2nc(NC(=O)c3cccc([C@H]4CCCN4C(=O)c4ccc(-n5ccnc5)cc4)c3)sc2C1. The molecule has 8 nitrogen and oxygen atoms in total. The Hall–Kier alpha value is -3.82. The molecule has 4 aromatic rings. The van der Waals surface area contributed by atoms with Gasteiger partial charge < -0.3 is 14.4 Å². The minimum absolute atomic E-state index is 0.00729. The molecule has 0 bridgehead atoms. The number of nitrogens with one attached hydrogen (secondary N) is 1. The maximum absolute atomic E-state index is 13.4. The highest BCUT2D eigenvalue weighted by Gasteiger charge is 2.31. The number of imidazole rings is 1. The Bertz CT molecular complexity index is 1430. The van der Waals surface area contributed by atoms with Gasteiger partial charge in [0, 0.05) is 60.1 Å². The van der Waals surface area contributed by atoms with Gasteiger partial charge in [0.05, 0.1) is 18.1 Å². The van der Waals surface area contributed by atoms with Crippen molar-refractivity contribution < 1.29 is 9.59 Å². The van der Waals surface area contributed by atoms with Crippen LogP contribution in [0.15, 0.2) is 67.3 Å². The minimum atomic E-state index is -0.174. The third-order valence-corrected chi connectivity index (χ3v) is 8.10. The first-order valence-corrected chi connectivity index (χ1v) is 13.3. The average molecular weight is 513 g/mol. The number of rotatable bonds is 5. The lowest BCUT2D eigenvalue weighted by Crippen LogP contribution is -2.30. The highest BCUT2D eigenvalue weighted by Crippen LogP contribution is 2.34. The van der Waals surface area contributed by atoms with Crippen LogP contribution in [0.3, 0.4) is 0 Å². The first kappa shape index (κ1) is 23.6. The van der Waals surface area contributed by atoms with E-state index in [9.17, 15) is 9.59 Å². The largest absolute Gasteiger partial charge is 0.332 e. The van der Waals surface area contributed by atoms with Gasteiger partial charge in [0.1, 0.15) is 0 Å². The molecule has 188 valence electrons. The van der Waals surface area contributed by atoms with Gasteiger partial charge in [0.15, 0.2) is 5.13 Å². The molecule has 2 amide bonds. The predicted molar refractivity (Wildman–Crippen MR) is 143 cm³/mol. The molecule has 2 aromatic heterocycles. The Morgan fingerprint density at radius 1 is 1.08 bits per heavy atom. The van der Waals surface area contributed by atoms with Crippen LogP contribution in [0, 0.1) is 0 Å². The molecule has 37 heavy (non-hydrogen) atoms. The van der Waals surface area contributed by atoms with E-state index in [-0.39, 0.29) is 17.9 Å². The number of thiazole rings is 1. The van der Waals surface area contributed by atoms with Crippen LogP contribution in [0.1, 0.15) is 55.7 Å². The number of amides is 2. The van der Waals surface area contributed by atoms with E-state index in [1.165, 1.54) is 4.88 Å². The minimum Gasteiger partial charge on any atom is -0.332 e. The third kappa shape index (κ3) is 4.80. The second-order valence-electron chi connectivity index (χ2n) is 9.63. The van der Waals surface area contributed by atoms with Gasteiger partial charge in [-0.2, -0.15) is 0 Å². The number of nitrogens with zero attached hydrogens (tertiary/aromatic N) is 5. The Balaban J connectivity index is 1.17. The van der Waals surface area contributed by atoms with Crippen molar-refractivity contribution >= 4 is 28.3 Å². The lowest BCUT2D eigenvalue weighted by atomic mass is 10.0. The summed E-state index contributed by atoms with van der Waals surface area (Å²) in [6.45, 7) is 2.55. The number of aromatic nitrogens is 3. The van der Waals surface area contributed by atoms with Gasteiger partial charge in [-0.3, -0.25) is 14.9 Å². The van der Waals surface area contributed by atoms with Crippen molar-refractivity contribution in [3.8, 4) is 5.69 Å². The van der Waals surface area contributed by atoms with Crippen LogP contribution >= 0.6 is 11.3 Å². The standard InChI is InChI=1S/C28H28N6O2S/c1-32-14-11-23-25(17-32)37-28(30-23)31-26(35)21-5-2-4-20(16-21)24-6-3-13-34(24)27(36)19-7-9-22(10-8-19)33-15-12-29-18-33/h2,4-5,7-10,12,15-16,18,24H,3,6,11,13-14,17H2,1H3,(H,30,31,35)/t24-/m1/s1. The normalized spacial score (nSPS) is 17.5. The lowest BCUT2D eigenvalue weighted by molar-refractivity contribution is 0.0735. The van der Waals surface area contributed by atoms with E-state index in [4.69, 9.17) is 0 Å². The summed E-state index contributed by atoms with van der Waals surface area (Å²) in [6, 6.07) is 15.2. The molecule has 1 N–H and O–H groups in total. The average Bonchev–Trinajstić information content (AvgIpc) is 3.69. The molecule has 1 fully saturated rings. The monoisotopic (exact) mass is 512 g/mol. The van der Waals surface area contributed by atoms with E-state index in [1.807, 2.05) is 64.2 Å². The van der Waals surface area contributed by atoms with Crippen molar-refractivity contribution in [2.24, 2.45) is 0 Å². The van der Waals surface area contributed by atoms with Crippen LogP contribution in [0.5, 0.6) is 0 Å². The molecule has 0 radical (unpaired) electrons. The van der Waals surface area contributed by atoms with Crippen LogP contribution in [0.4, 0.5) is 5.13 Å². The van der Waals surface area contributed by atoms with E-state index in [1.54, 1.807) is 23.9 Å². The first-order valence-electron chi connectivity index (χ1n) is 12.5. The number of hydrogen-bond donors (Lipinski definition) is 1. The summed E-state index contributed by atoms with van der Waals surface area (Å²) in [5.41, 5.74) is 4.26. The molecule has 0 saturated carbocycles. The van der Waals surface area contributed by atoms with E-state index in [0.29, 0.717) is 22.8 Å².